The normalized spacial score (nSPS) is 15.3. The molecule has 0 spiro atoms. The summed E-state index contributed by atoms with van der Waals surface area (Å²) in [6.07, 6.45) is 3.37. The summed E-state index contributed by atoms with van der Waals surface area (Å²) in [5, 5.41) is 1.75. The van der Waals surface area contributed by atoms with Gasteiger partial charge < -0.3 is 9.57 Å². The smallest absolute Gasteiger partial charge is 0.357 e. The summed E-state index contributed by atoms with van der Waals surface area (Å²) in [5.74, 6) is 1.15. The second-order valence-electron chi connectivity index (χ2n) is 5.31. The molecule has 114 valence electrons. The second kappa shape index (κ2) is 7.09. The van der Waals surface area contributed by atoms with Crippen molar-refractivity contribution in [3.05, 3.63) is 60.2 Å². The van der Waals surface area contributed by atoms with Gasteiger partial charge in [-0.1, -0.05) is 24.6 Å². The predicted molar refractivity (Wildman–Crippen MR) is 83.8 cm³/mol. The van der Waals surface area contributed by atoms with Crippen LogP contribution >= 0.6 is 0 Å². The Kier molecular flexibility index (Phi) is 4.71. The molecule has 0 radical (unpaired) electrons. The lowest BCUT2D eigenvalue weighted by Gasteiger charge is -2.24. The van der Waals surface area contributed by atoms with Crippen molar-refractivity contribution in [3.63, 3.8) is 0 Å². The van der Waals surface area contributed by atoms with E-state index in [9.17, 15) is 4.79 Å². The average molecular weight is 297 g/mol. The van der Waals surface area contributed by atoms with E-state index in [0.29, 0.717) is 11.3 Å². The molecule has 0 aromatic heterocycles. The zero-order valence-electron chi connectivity index (χ0n) is 12.4. The van der Waals surface area contributed by atoms with Gasteiger partial charge in [0.15, 0.2) is 0 Å². The van der Waals surface area contributed by atoms with Crippen LogP contribution in [0.1, 0.15) is 29.6 Å². The maximum absolute atomic E-state index is 12.1. The van der Waals surface area contributed by atoms with Gasteiger partial charge in [-0.25, -0.2) is 4.79 Å². The van der Waals surface area contributed by atoms with E-state index in [-0.39, 0.29) is 5.97 Å². The highest BCUT2D eigenvalue weighted by Gasteiger charge is 2.16. The van der Waals surface area contributed by atoms with Gasteiger partial charge in [-0.3, -0.25) is 0 Å². The van der Waals surface area contributed by atoms with Gasteiger partial charge in [0, 0.05) is 13.1 Å². The fraction of sp³-hybridized carbons (Fsp3) is 0.278. The third kappa shape index (κ3) is 3.86. The third-order valence-corrected chi connectivity index (χ3v) is 3.60. The molecule has 22 heavy (non-hydrogen) atoms. The Balaban J connectivity index is 1.59. The number of ether oxygens (including phenoxy) is 1. The monoisotopic (exact) mass is 297 g/mol. The Morgan fingerprint density at radius 1 is 0.818 bits per heavy atom. The molecular formula is C18H19NO3. The van der Waals surface area contributed by atoms with Gasteiger partial charge in [0.1, 0.15) is 11.5 Å². The summed E-state index contributed by atoms with van der Waals surface area (Å²) in [5.41, 5.74) is 0.533. The number of hydrogen-bond donors (Lipinski definition) is 0. The van der Waals surface area contributed by atoms with Crippen molar-refractivity contribution in [2.24, 2.45) is 0 Å². The summed E-state index contributed by atoms with van der Waals surface area (Å²) in [4.78, 5) is 17.5. The number of hydrogen-bond acceptors (Lipinski definition) is 4. The SMILES string of the molecule is O=C(ON1CCCCC1)c1ccc(Oc2ccccc2)cc1. The molecule has 1 saturated heterocycles. The molecule has 4 heteroatoms. The van der Waals surface area contributed by atoms with Crippen molar-refractivity contribution in [1.82, 2.24) is 5.06 Å². The molecular weight excluding hydrogens is 278 g/mol. The van der Waals surface area contributed by atoms with Gasteiger partial charge in [-0.05, 0) is 49.2 Å². The Hall–Kier alpha value is -2.33. The Morgan fingerprint density at radius 3 is 2.14 bits per heavy atom. The van der Waals surface area contributed by atoms with Crippen LogP contribution in [0.2, 0.25) is 0 Å². The van der Waals surface area contributed by atoms with Crippen molar-refractivity contribution in [2.75, 3.05) is 13.1 Å². The molecule has 1 aliphatic rings. The zero-order chi connectivity index (χ0) is 15.2. The zero-order valence-corrected chi connectivity index (χ0v) is 12.4. The molecule has 0 atom stereocenters. The quantitative estimate of drug-likeness (QED) is 0.854. The highest BCUT2D eigenvalue weighted by molar-refractivity contribution is 5.89. The van der Waals surface area contributed by atoms with Crippen LogP contribution in [0.15, 0.2) is 54.6 Å². The fourth-order valence-electron chi connectivity index (χ4n) is 2.41. The minimum atomic E-state index is -0.312. The Morgan fingerprint density at radius 2 is 1.45 bits per heavy atom. The molecule has 1 aliphatic heterocycles. The topological polar surface area (TPSA) is 38.8 Å². The van der Waals surface area contributed by atoms with Crippen LogP contribution in [0.3, 0.4) is 0 Å². The van der Waals surface area contributed by atoms with Crippen LogP contribution < -0.4 is 4.74 Å². The lowest BCUT2D eigenvalue weighted by molar-refractivity contribution is -0.119. The molecule has 1 heterocycles. The van der Waals surface area contributed by atoms with E-state index in [2.05, 4.69) is 0 Å². The van der Waals surface area contributed by atoms with Crippen LogP contribution in [0.5, 0.6) is 11.5 Å². The lowest BCUT2D eigenvalue weighted by Crippen LogP contribution is -2.32. The fourth-order valence-corrected chi connectivity index (χ4v) is 2.41. The number of carbonyl (C=O) groups is 1. The molecule has 0 unspecified atom stereocenters. The van der Waals surface area contributed by atoms with E-state index in [1.165, 1.54) is 6.42 Å². The standard InChI is InChI=1S/C18H19NO3/c20-18(22-19-13-5-2-6-14-19)15-9-11-17(12-10-15)21-16-7-3-1-4-8-16/h1,3-4,7-12H,2,5-6,13-14H2. The van der Waals surface area contributed by atoms with Crippen LogP contribution in [0, 0.1) is 0 Å². The van der Waals surface area contributed by atoms with Gasteiger partial charge in [-0.2, -0.15) is 0 Å². The minimum absolute atomic E-state index is 0.312. The number of para-hydroxylation sites is 1. The van der Waals surface area contributed by atoms with Crippen LogP contribution in [-0.4, -0.2) is 24.1 Å². The Labute approximate surface area is 130 Å². The van der Waals surface area contributed by atoms with E-state index in [0.717, 1.165) is 31.7 Å². The van der Waals surface area contributed by atoms with Gasteiger partial charge in [0.05, 0.1) is 5.56 Å². The maximum atomic E-state index is 12.1. The number of piperidine rings is 1. The number of carbonyl (C=O) groups excluding carboxylic acids is 1. The molecule has 0 aliphatic carbocycles. The third-order valence-electron chi connectivity index (χ3n) is 3.60. The molecule has 0 bridgehead atoms. The summed E-state index contributed by atoms with van der Waals surface area (Å²) in [6, 6.07) is 16.6. The molecule has 3 rings (SSSR count). The molecule has 0 N–H and O–H groups in total. The highest BCUT2D eigenvalue weighted by atomic mass is 16.7. The highest BCUT2D eigenvalue weighted by Crippen LogP contribution is 2.21. The Bertz CT molecular complexity index is 604. The van der Waals surface area contributed by atoms with Crippen molar-refractivity contribution >= 4 is 5.97 Å². The number of hydroxylamine groups is 2. The first-order chi connectivity index (χ1) is 10.8. The van der Waals surface area contributed by atoms with E-state index in [1.807, 2.05) is 30.3 Å². The summed E-state index contributed by atoms with van der Waals surface area (Å²) >= 11 is 0. The van der Waals surface area contributed by atoms with Crippen molar-refractivity contribution in [3.8, 4) is 11.5 Å². The summed E-state index contributed by atoms with van der Waals surface area (Å²) < 4.78 is 5.70. The van der Waals surface area contributed by atoms with Crippen molar-refractivity contribution in [1.29, 1.82) is 0 Å². The molecule has 2 aromatic rings. The first-order valence-electron chi connectivity index (χ1n) is 7.61. The van der Waals surface area contributed by atoms with E-state index in [4.69, 9.17) is 9.57 Å². The molecule has 1 fully saturated rings. The van der Waals surface area contributed by atoms with Crippen LogP contribution in [-0.2, 0) is 4.84 Å². The van der Waals surface area contributed by atoms with Crippen LogP contribution in [0.25, 0.3) is 0 Å². The van der Waals surface area contributed by atoms with E-state index >= 15 is 0 Å². The summed E-state index contributed by atoms with van der Waals surface area (Å²) in [7, 11) is 0. The number of benzene rings is 2. The largest absolute Gasteiger partial charge is 0.457 e. The van der Waals surface area contributed by atoms with Gasteiger partial charge >= 0.3 is 5.97 Å². The average Bonchev–Trinajstić information content (AvgIpc) is 2.57. The number of nitrogens with zero attached hydrogens (tertiary/aromatic N) is 1. The van der Waals surface area contributed by atoms with Gasteiger partial charge in [0.2, 0.25) is 0 Å². The molecule has 2 aromatic carbocycles. The van der Waals surface area contributed by atoms with Crippen molar-refractivity contribution < 1.29 is 14.4 Å². The molecule has 0 saturated carbocycles. The summed E-state index contributed by atoms with van der Waals surface area (Å²) in [6.45, 7) is 1.64. The van der Waals surface area contributed by atoms with E-state index in [1.54, 1.807) is 29.3 Å². The van der Waals surface area contributed by atoms with Gasteiger partial charge in [-0.15, -0.1) is 5.06 Å². The predicted octanol–water partition coefficient (Wildman–Crippen LogP) is 4.04. The number of rotatable bonds is 4. The first kappa shape index (κ1) is 14.6. The van der Waals surface area contributed by atoms with E-state index < -0.39 is 0 Å². The van der Waals surface area contributed by atoms with Gasteiger partial charge in [0.25, 0.3) is 0 Å². The maximum Gasteiger partial charge on any atom is 0.357 e. The molecule has 4 nitrogen and oxygen atoms in total. The molecule has 0 amide bonds. The minimum Gasteiger partial charge on any atom is -0.457 e. The first-order valence-corrected chi connectivity index (χ1v) is 7.61. The lowest BCUT2D eigenvalue weighted by atomic mass is 10.2. The van der Waals surface area contributed by atoms with Crippen molar-refractivity contribution in [2.45, 2.75) is 19.3 Å². The second-order valence-corrected chi connectivity index (χ2v) is 5.31. The van der Waals surface area contributed by atoms with Crippen LogP contribution in [0.4, 0.5) is 0 Å².